The second-order valence-electron chi connectivity index (χ2n) is 9.67. The van der Waals surface area contributed by atoms with E-state index >= 15 is 0 Å². The van der Waals surface area contributed by atoms with E-state index in [2.05, 4.69) is 66.7 Å². The first-order valence-corrected chi connectivity index (χ1v) is 13.9. The molecule has 188 valence electrons. The molecule has 8 rings (SSSR count). The van der Waals surface area contributed by atoms with E-state index in [9.17, 15) is 0 Å². The number of benzene rings is 5. The van der Waals surface area contributed by atoms with E-state index in [1.807, 2.05) is 60.7 Å². The minimum atomic E-state index is 0.670. The minimum absolute atomic E-state index is 0.670. The first-order valence-electron chi connectivity index (χ1n) is 13.1. The van der Waals surface area contributed by atoms with Gasteiger partial charge in [0.25, 0.3) is 0 Å². The fraction of sp³-hybridized carbons (Fsp3) is 0. The Morgan fingerprint density at radius 3 is 1.95 bits per heavy atom. The van der Waals surface area contributed by atoms with Crippen LogP contribution in [-0.2, 0) is 0 Å². The molecule has 0 saturated carbocycles. The van der Waals surface area contributed by atoms with Crippen molar-refractivity contribution >= 4 is 43.5 Å². The molecule has 4 nitrogen and oxygen atoms in total. The molecule has 5 aromatic carbocycles. The van der Waals surface area contributed by atoms with Crippen LogP contribution in [0.15, 0.2) is 132 Å². The molecule has 0 bridgehead atoms. The van der Waals surface area contributed by atoms with Crippen LogP contribution in [0.1, 0.15) is 0 Å². The van der Waals surface area contributed by atoms with Crippen molar-refractivity contribution in [1.82, 2.24) is 15.0 Å². The van der Waals surface area contributed by atoms with Gasteiger partial charge in [-0.05, 0) is 36.4 Å². The topological polar surface area (TPSA) is 51.8 Å². The Kier molecular flexibility index (Phi) is 5.28. The van der Waals surface area contributed by atoms with Gasteiger partial charge in [-0.25, -0.2) is 15.0 Å². The predicted octanol–water partition coefficient (Wildman–Crippen LogP) is 9.65. The number of thiazole rings is 1. The molecule has 3 aromatic heterocycles. The molecule has 0 aliphatic heterocycles. The minimum Gasteiger partial charge on any atom is -0.456 e. The van der Waals surface area contributed by atoms with Gasteiger partial charge in [0, 0.05) is 33.0 Å². The summed E-state index contributed by atoms with van der Waals surface area (Å²) in [4.78, 5) is 15.0. The predicted molar refractivity (Wildman–Crippen MR) is 164 cm³/mol. The van der Waals surface area contributed by atoms with Crippen LogP contribution in [0.2, 0.25) is 0 Å². The number of hydrogen-bond donors (Lipinski definition) is 0. The SMILES string of the molecule is c1ccc(-c2cc(-c3ccccc3)nc(-c3cccc4oc5cc(-c6nc7ccccc7s6)ccc5c34)n2)cc1. The van der Waals surface area contributed by atoms with Crippen LogP contribution in [0.25, 0.3) is 76.6 Å². The van der Waals surface area contributed by atoms with E-state index < -0.39 is 0 Å². The highest BCUT2D eigenvalue weighted by molar-refractivity contribution is 7.21. The smallest absolute Gasteiger partial charge is 0.161 e. The fourth-order valence-corrected chi connectivity index (χ4v) is 6.18. The summed E-state index contributed by atoms with van der Waals surface area (Å²) < 4.78 is 7.58. The Labute approximate surface area is 234 Å². The summed E-state index contributed by atoms with van der Waals surface area (Å²) in [7, 11) is 0. The molecular weight excluding hydrogens is 510 g/mol. The average molecular weight is 532 g/mol. The van der Waals surface area contributed by atoms with Crippen molar-refractivity contribution in [3.63, 3.8) is 0 Å². The largest absolute Gasteiger partial charge is 0.456 e. The van der Waals surface area contributed by atoms with Crippen LogP contribution in [-0.4, -0.2) is 15.0 Å². The Morgan fingerprint density at radius 1 is 0.525 bits per heavy atom. The number of fused-ring (bicyclic) bond motifs is 4. The summed E-state index contributed by atoms with van der Waals surface area (Å²) in [5, 5.41) is 3.03. The van der Waals surface area contributed by atoms with E-state index in [0.29, 0.717) is 5.82 Å². The number of furan rings is 1. The molecule has 8 aromatic rings. The zero-order valence-corrected chi connectivity index (χ0v) is 22.1. The van der Waals surface area contributed by atoms with Crippen molar-refractivity contribution in [2.24, 2.45) is 0 Å². The molecule has 0 aliphatic carbocycles. The molecule has 0 radical (unpaired) electrons. The van der Waals surface area contributed by atoms with Gasteiger partial charge in [0.1, 0.15) is 16.2 Å². The third kappa shape index (κ3) is 3.87. The van der Waals surface area contributed by atoms with Crippen molar-refractivity contribution in [2.75, 3.05) is 0 Å². The highest BCUT2D eigenvalue weighted by Gasteiger charge is 2.18. The molecule has 0 fully saturated rings. The van der Waals surface area contributed by atoms with Crippen LogP contribution < -0.4 is 0 Å². The average Bonchev–Trinajstić information content (AvgIpc) is 3.63. The summed E-state index contributed by atoms with van der Waals surface area (Å²) in [5.74, 6) is 0.670. The van der Waals surface area contributed by atoms with Crippen LogP contribution in [0, 0.1) is 0 Å². The molecule has 0 unspecified atom stereocenters. The van der Waals surface area contributed by atoms with E-state index in [0.717, 1.165) is 66.1 Å². The van der Waals surface area contributed by atoms with Gasteiger partial charge in [0.15, 0.2) is 5.82 Å². The van der Waals surface area contributed by atoms with Crippen molar-refractivity contribution in [3.8, 4) is 44.5 Å². The molecule has 0 amide bonds. The van der Waals surface area contributed by atoms with Crippen molar-refractivity contribution in [3.05, 3.63) is 127 Å². The lowest BCUT2D eigenvalue weighted by atomic mass is 10.0. The van der Waals surface area contributed by atoms with Gasteiger partial charge in [-0.1, -0.05) is 91.0 Å². The molecule has 40 heavy (non-hydrogen) atoms. The van der Waals surface area contributed by atoms with E-state index in [1.165, 1.54) is 4.70 Å². The maximum Gasteiger partial charge on any atom is 0.161 e. The first-order chi connectivity index (χ1) is 19.8. The van der Waals surface area contributed by atoms with E-state index in [-0.39, 0.29) is 0 Å². The maximum atomic E-state index is 6.40. The molecule has 3 heterocycles. The number of nitrogens with zero attached hydrogens (tertiary/aromatic N) is 3. The van der Waals surface area contributed by atoms with Gasteiger partial charge in [-0.2, -0.15) is 0 Å². The van der Waals surface area contributed by atoms with Crippen molar-refractivity contribution < 1.29 is 4.42 Å². The summed E-state index contributed by atoms with van der Waals surface area (Å²) in [6.45, 7) is 0. The molecule has 0 N–H and O–H groups in total. The highest BCUT2D eigenvalue weighted by atomic mass is 32.1. The summed E-state index contributed by atoms with van der Waals surface area (Å²) in [5.41, 5.74) is 8.49. The van der Waals surface area contributed by atoms with E-state index in [4.69, 9.17) is 19.4 Å². The summed E-state index contributed by atoms with van der Waals surface area (Å²) >= 11 is 1.69. The van der Waals surface area contributed by atoms with Crippen LogP contribution in [0.4, 0.5) is 0 Å². The van der Waals surface area contributed by atoms with Gasteiger partial charge in [-0.3, -0.25) is 0 Å². The number of hydrogen-bond acceptors (Lipinski definition) is 5. The second kappa shape index (κ2) is 9.26. The van der Waals surface area contributed by atoms with Crippen molar-refractivity contribution in [2.45, 2.75) is 0 Å². The molecule has 0 aliphatic rings. The summed E-state index contributed by atoms with van der Waals surface area (Å²) in [6.07, 6.45) is 0. The molecular formula is C35H21N3OS. The zero-order valence-electron chi connectivity index (χ0n) is 21.3. The maximum absolute atomic E-state index is 6.40. The number of para-hydroxylation sites is 1. The fourth-order valence-electron chi connectivity index (χ4n) is 5.22. The first kappa shape index (κ1) is 22.8. The highest BCUT2D eigenvalue weighted by Crippen LogP contribution is 2.39. The van der Waals surface area contributed by atoms with Gasteiger partial charge < -0.3 is 4.42 Å². The Hall–Kier alpha value is -5.13. The van der Waals surface area contributed by atoms with Gasteiger partial charge in [0.2, 0.25) is 0 Å². The van der Waals surface area contributed by atoms with Crippen molar-refractivity contribution in [1.29, 1.82) is 0 Å². The van der Waals surface area contributed by atoms with Gasteiger partial charge >= 0.3 is 0 Å². The Bertz CT molecular complexity index is 2070. The van der Waals surface area contributed by atoms with Gasteiger partial charge in [0.05, 0.1) is 21.6 Å². The molecule has 0 saturated heterocycles. The number of rotatable bonds is 4. The van der Waals surface area contributed by atoms with Gasteiger partial charge in [-0.15, -0.1) is 11.3 Å². The third-order valence-electron chi connectivity index (χ3n) is 7.14. The zero-order chi connectivity index (χ0) is 26.5. The normalized spacial score (nSPS) is 11.5. The lowest BCUT2D eigenvalue weighted by Gasteiger charge is -2.10. The Balaban J connectivity index is 1.32. The van der Waals surface area contributed by atoms with Crippen LogP contribution in [0.3, 0.4) is 0 Å². The lowest BCUT2D eigenvalue weighted by molar-refractivity contribution is 0.669. The van der Waals surface area contributed by atoms with E-state index in [1.54, 1.807) is 11.3 Å². The molecule has 0 spiro atoms. The quantitative estimate of drug-likeness (QED) is 0.227. The Morgan fingerprint density at radius 2 is 1.23 bits per heavy atom. The molecule has 5 heteroatoms. The van der Waals surface area contributed by atoms with Crippen LogP contribution in [0.5, 0.6) is 0 Å². The number of aromatic nitrogens is 3. The third-order valence-corrected chi connectivity index (χ3v) is 8.23. The molecule has 0 atom stereocenters. The standard InChI is InChI=1S/C35H21N3OS/c1-3-10-22(11-4-1)28-21-29(23-12-5-2-6-13-23)37-34(36-28)26-14-9-16-30-33(26)25-19-18-24(20-31(25)39-30)35-38-27-15-7-8-17-32(27)40-35/h1-21H. The van der Waals surface area contributed by atoms with Crippen LogP contribution >= 0.6 is 11.3 Å². The summed E-state index contributed by atoms with van der Waals surface area (Å²) in [6, 6.07) is 43.2. The monoisotopic (exact) mass is 531 g/mol. The second-order valence-corrected chi connectivity index (χ2v) is 10.7. The lowest BCUT2D eigenvalue weighted by Crippen LogP contribution is -1.96.